The molecule has 2 aliphatic rings. The van der Waals surface area contributed by atoms with Gasteiger partial charge in [0.2, 0.25) is 0 Å². The maximum absolute atomic E-state index is 13.4. The Morgan fingerprint density at radius 1 is 0.976 bits per heavy atom. The molecule has 2 aliphatic heterocycles. The van der Waals surface area contributed by atoms with E-state index in [-0.39, 0.29) is 11.7 Å². The number of H-pyrrole nitrogens is 1. The number of halogens is 3. The molecule has 4 heterocycles. The molecule has 2 aromatic heterocycles. The van der Waals surface area contributed by atoms with Gasteiger partial charge in [0, 0.05) is 79.8 Å². The zero-order chi connectivity index (χ0) is 29.6. The minimum Gasteiger partial charge on any atom is -0.404 e. The Bertz CT molecular complexity index is 1590. The molecule has 2 aromatic carbocycles. The van der Waals surface area contributed by atoms with Crippen molar-refractivity contribution >= 4 is 22.6 Å². The quantitative estimate of drug-likeness (QED) is 0.350. The van der Waals surface area contributed by atoms with Crippen LogP contribution >= 0.6 is 0 Å². The van der Waals surface area contributed by atoms with E-state index in [0.717, 1.165) is 42.7 Å². The normalized spacial score (nSPS) is 16.7. The van der Waals surface area contributed by atoms with Crippen molar-refractivity contribution < 1.29 is 22.7 Å². The van der Waals surface area contributed by atoms with Crippen LogP contribution in [0.4, 0.5) is 18.9 Å². The number of ether oxygens (including phenoxy) is 1. The van der Waals surface area contributed by atoms with Crippen molar-refractivity contribution in [2.75, 3.05) is 65.3 Å². The number of nitrogens with zero attached hydrogens (tertiary/aromatic N) is 5. The van der Waals surface area contributed by atoms with Crippen LogP contribution < -0.4 is 9.64 Å². The molecule has 4 aromatic rings. The van der Waals surface area contributed by atoms with Crippen molar-refractivity contribution in [1.29, 1.82) is 0 Å². The zero-order valence-electron chi connectivity index (χ0n) is 23.8. The van der Waals surface area contributed by atoms with Gasteiger partial charge in [0.1, 0.15) is 5.65 Å². The fourth-order valence-corrected chi connectivity index (χ4v) is 5.53. The first kappa shape index (κ1) is 28.0. The van der Waals surface area contributed by atoms with Crippen molar-refractivity contribution in [2.24, 2.45) is 0 Å². The van der Waals surface area contributed by atoms with E-state index >= 15 is 0 Å². The Kier molecular flexibility index (Phi) is 7.32. The summed E-state index contributed by atoms with van der Waals surface area (Å²) in [5.74, 6) is -0.210. The fraction of sp³-hybridized carbons (Fsp3) is 0.355. The number of carbonyl (C=O) groups excluding carboxylic acids is 1. The molecule has 1 N–H and O–H groups in total. The molecule has 0 spiro atoms. The number of aromatic nitrogens is 2. The Labute approximate surface area is 242 Å². The molecular weight excluding hydrogens is 545 g/mol. The van der Waals surface area contributed by atoms with E-state index in [9.17, 15) is 18.0 Å². The lowest BCUT2D eigenvalue weighted by Crippen LogP contribution is -2.59. The van der Waals surface area contributed by atoms with Crippen LogP contribution in [0.5, 0.6) is 5.75 Å². The lowest BCUT2D eigenvalue weighted by Gasteiger charge is -2.42. The summed E-state index contributed by atoms with van der Waals surface area (Å²) in [4.78, 5) is 28.6. The van der Waals surface area contributed by atoms with Gasteiger partial charge in [-0.05, 0) is 62.6 Å². The smallest absolute Gasteiger partial charge is 0.404 e. The van der Waals surface area contributed by atoms with E-state index < -0.39 is 6.36 Å². The monoisotopic (exact) mass is 578 g/mol. The lowest BCUT2D eigenvalue weighted by atomic mass is 10.00. The number of likely N-dealkylation sites (tertiary alicyclic amines) is 1. The van der Waals surface area contributed by atoms with Gasteiger partial charge in [-0.15, -0.1) is 13.2 Å². The first-order valence-corrected chi connectivity index (χ1v) is 13.9. The summed E-state index contributed by atoms with van der Waals surface area (Å²) in [5.41, 5.74) is 4.73. The molecule has 8 nitrogen and oxygen atoms in total. The topological polar surface area (TPSA) is 67.9 Å². The Morgan fingerprint density at radius 2 is 1.67 bits per heavy atom. The van der Waals surface area contributed by atoms with Crippen LogP contribution in [-0.2, 0) is 0 Å². The first-order valence-electron chi connectivity index (χ1n) is 13.9. The van der Waals surface area contributed by atoms with Crippen molar-refractivity contribution in [3.63, 3.8) is 0 Å². The number of amides is 1. The molecule has 0 radical (unpaired) electrons. The van der Waals surface area contributed by atoms with Gasteiger partial charge >= 0.3 is 6.36 Å². The molecule has 220 valence electrons. The van der Waals surface area contributed by atoms with Gasteiger partial charge in [0.25, 0.3) is 5.91 Å². The number of benzene rings is 2. The number of rotatable bonds is 6. The van der Waals surface area contributed by atoms with Gasteiger partial charge in [-0.2, -0.15) is 0 Å². The summed E-state index contributed by atoms with van der Waals surface area (Å²) in [5, 5.41) is 0.824. The van der Waals surface area contributed by atoms with E-state index in [1.807, 2.05) is 73.5 Å². The van der Waals surface area contributed by atoms with E-state index in [4.69, 9.17) is 0 Å². The molecule has 0 atom stereocenters. The largest absolute Gasteiger partial charge is 0.573 e. The summed E-state index contributed by atoms with van der Waals surface area (Å²) in [6, 6.07) is 14.7. The number of likely N-dealkylation sites (N-methyl/N-ethyl adjacent to an activating group) is 2. The predicted molar refractivity (Wildman–Crippen MR) is 157 cm³/mol. The van der Waals surface area contributed by atoms with E-state index in [1.165, 1.54) is 6.07 Å². The molecule has 6 rings (SSSR count). The molecule has 2 fully saturated rings. The second-order valence-corrected chi connectivity index (χ2v) is 11.2. The van der Waals surface area contributed by atoms with Crippen molar-refractivity contribution in [1.82, 2.24) is 24.7 Å². The van der Waals surface area contributed by atoms with Crippen LogP contribution in [0, 0.1) is 0 Å². The Hall–Kier alpha value is -4.09. The summed E-state index contributed by atoms with van der Waals surface area (Å²) in [7, 11) is 6.02. The molecule has 0 saturated carbocycles. The molecule has 2 saturated heterocycles. The predicted octanol–water partition coefficient (Wildman–Crippen LogP) is 4.93. The molecule has 0 unspecified atom stereocenters. The van der Waals surface area contributed by atoms with Crippen LogP contribution in [0.1, 0.15) is 10.4 Å². The number of hydrogen-bond acceptors (Lipinski definition) is 6. The number of alkyl halides is 3. The highest BCUT2D eigenvalue weighted by atomic mass is 19.4. The minimum absolute atomic E-state index is 0.0134. The number of fused-ring (bicyclic) bond motifs is 1. The molecule has 11 heteroatoms. The zero-order valence-corrected chi connectivity index (χ0v) is 23.8. The highest BCUT2D eigenvalue weighted by Gasteiger charge is 2.34. The second-order valence-electron chi connectivity index (χ2n) is 11.2. The van der Waals surface area contributed by atoms with Gasteiger partial charge in [-0.3, -0.25) is 4.79 Å². The van der Waals surface area contributed by atoms with Gasteiger partial charge in [0.05, 0.1) is 5.69 Å². The van der Waals surface area contributed by atoms with Gasteiger partial charge in [-0.25, -0.2) is 4.98 Å². The maximum Gasteiger partial charge on any atom is 0.573 e. The number of pyridine rings is 1. The highest BCUT2D eigenvalue weighted by molar-refractivity contribution is 5.98. The van der Waals surface area contributed by atoms with E-state index in [0.29, 0.717) is 47.2 Å². The minimum atomic E-state index is -4.81. The van der Waals surface area contributed by atoms with Gasteiger partial charge in [0.15, 0.2) is 5.75 Å². The SMILES string of the molecule is CN1CCN(c2ccc(-c3cnc4[nH]cc(-c5ccc(C(=O)N6CC(N(C)C)C6)cc5)c4c3)cc2OC(F)(F)F)CC1. The maximum atomic E-state index is 13.4. The number of aromatic amines is 1. The van der Waals surface area contributed by atoms with Crippen molar-refractivity contribution in [2.45, 2.75) is 12.4 Å². The third-order valence-corrected chi connectivity index (χ3v) is 8.22. The molecule has 1 amide bonds. The number of anilines is 1. The average molecular weight is 579 g/mol. The van der Waals surface area contributed by atoms with E-state index in [1.54, 1.807) is 12.3 Å². The van der Waals surface area contributed by atoms with E-state index in [2.05, 4.69) is 24.5 Å². The number of nitrogens with one attached hydrogen (secondary N) is 1. The molecule has 0 aliphatic carbocycles. The number of hydrogen-bond donors (Lipinski definition) is 1. The fourth-order valence-electron chi connectivity index (χ4n) is 5.53. The standard InChI is InChI=1S/C31H33F3N6O2/c1-37(2)24-18-40(19-24)30(41)21-6-4-20(5-7-21)26-17-36-29-25(26)14-23(16-35-29)22-8-9-27(28(15-22)42-31(32,33)34)39-12-10-38(3)11-13-39/h4-9,14-17,24H,10-13,18-19H2,1-3H3,(H,35,36). The van der Waals surface area contributed by atoms with Crippen LogP contribution in [-0.4, -0.2) is 103 Å². The molecule has 42 heavy (non-hydrogen) atoms. The number of piperazine rings is 1. The third kappa shape index (κ3) is 5.66. The van der Waals surface area contributed by atoms with Crippen molar-refractivity contribution in [3.05, 3.63) is 66.5 Å². The van der Waals surface area contributed by atoms with Crippen LogP contribution in [0.2, 0.25) is 0 Å². The van der Waals surface area contributed by atoms with Crippen LogP contribution in [0.25, 0.3) is 33.3 Å². The molecular formula is C31H33F3N6O2. The first-order chi connectivity index (χ1) is 20.1. The summed E-state index contributed by atoms with van der Waals surface area (Å²) < 4.78 is 44.7. The lowest BCUT2D eigenvalue weighted by molar-refractivity contribution is -0.274. The summed E-state index contributed by atoms with van der Waals surface area (Å²) in [6.45, 7) is 4.18. The van der Waals surface area contributed by atoms with Gasteiger partial charge < -0.3 is 29.3 Å². The third-order valence-electron chi connectivity index (χ3n) is 8.22. The molecule has 0 bridgehead atoms. The second kappa shape index (κ2) is 11.0. The Balaban J connectivity index is 1.27. The summed E-state index contributed by atoms with van der Waals surface area (Å²) >= 11 is 0. The van der Waals surface area contributed by atoms with Crippen LogP contribution in [0.15, 0.2) is 60.9 Å². The highest BCUT2D eigenvalue weighted by Crippen LogP contribution is 2.38. The van der Waals surface area contributed by atoms with Gasteiger partial charge in [-0.1, -0.05) is 18.2 Å². The number of carbonyl (C=O) groups is 1. The van der Waals surface area contributed by atoms with Crippen LogP contribution in [0.3, 0.4) is 0 Å². The average Bonchev–Trinajstić information content (AvgIpc) is 3.35. The summed E-state index contributed by atoms with van der Waals surface area (Å²) in [6.07, 6.45) is -1.32. The van der Waals surface area contributed by atoms with Crippen molar-refractivity contribution in [3.8, 4) is 28.0 Å². The Morgan fingerprint density at radius 3 is 2.33 bits per heavy atom.